The summed E-state index contributed by atoms with van der Waals surface area (Å²) in [5.41, 5.74) is 17.6. The number of aromatic nitrogens is 2. The minimum atomic E-state index is -0.0600. The van der Waals surface area contributed by atoms with Crippen LogP contribution in [0.4, 0.5) is 0 Å². The van der Waals surface area contributed by atoms with E-state index in [9.17, 15) is 0 Å². The van der Waals surface area contributed by atoms with Crippen molar-refractivity contribution < 1.29 is 9.47 Å². The van der Waals surface area contributed by atoms with Crippen molar-refractivity contribution in [2.75, 3.05) is 0 Å². The van der Waals surface area contributed by atoms with Crippen LogP contribution in [0.15, 0.2) is 133 Å². The van der Waals surface area contributed by atoms with E-state index in [1.165, 1.54) is 119 Å². The second kappa shape index (κ2) is 11.3. The van der Waals surface area contributed by atoms with Crippen LogP contribution in [0.25, 0.3) is 75.2 Å². The maximum atomic E-state index is 7.16. The predicted molar refractivity (Wildman–Crippen MR) is 268 cm³/mol. The molecule has 298 valence electrons. The number of hydrogen-bond acceptors (Lipinski definition) is 3. The molecule has 4 nitrogen and oxygen atoms in total. The van der Waals surface area contributed by atoms with Crippen LogP contribution >= 0.6 is 11.3 Å². The van der Waals surface area contributed by atoms with Gasteiger partial charge in [0.1, 0.15) is 23.0 Å². The summed E-state index contributed by atoms with van der Waals surface area (Å²) < 4.78 is 21.8. The van der Waals surface area contributed by atoms with Crippen molar-refractivity contribution >= 4 is 121 Å². The zero-order valence-electron chi connectivity index (χ0n) is 36.0. The average Bonchev–Trinajstić information content (AvgIpc) is 3.92. The Balaban J connectivity index is 0.997. The van der Waals surface area contributed by atoms with Crippen LogP contribution in [0.1, 0.15) is 52.7 Å². The summed E-state index contributed by atoms with van der Waals surface area (Å²) in [6, 6.07) is 50.7. The Morgan fingerprint density at radius 2 is 0.841 bits per heavy atom. The average molecular weight is 827 g/mol. The van der Waals surface area contributed by atoms with Crippen LogP contribution in [0, 0.1) is 0 Å². The van der Waals surface area contributed by atoms with E-state index in [-0.39, 0.29) is 24.3 Å². The minimum absolute atomic E-state index is 0.0258. The van der Waals surface area contributed by atoms with E-state index >= 15 is 0 Å². The van der Waals surface area contributed by atoms with E-state index < -0.39 is 0 Å². The van der Waals surface area contributed by atoms with Gasteiger partial charge in [0.2, 0.25) is 0 Å². The van der Waals surface area contributed by atoms with Crippen molar-refractivity contribution in [2.24, 2.45) is 0 Å². The van der Waals surface area contributed by atoms with Crippen LogP contribution in [0.5, 0.6) is 23.0 Å². The van der Waals surface area contributed by atoms with Gasteiger partial charge in [0.05, 0.1) is 11.0 Å². The lowest BCUT2D eigenvalue weighted by Gasteiger charge is -2.35. The van der Waals surface area contributed by atoms with E-state index in [1.54, 1.807) is 0 Å². The Bertz CT molecular complexity index is 3710. The molecule has 15 rings (SSSR count). The van der Waals surface area contributed by atoms with Crippen LogP contribution in [0.3, 0.4) is 0 Å². The number of hydrogen-bond donors (Lipinski definition) is 0. The molecule has 0 saturated heterocycles. The van der Waals surface area contributed by atoms with Gasteiger partial charge in [-0.05, 0) is 103 Å². The summed E-state index contributed by atoms with van der Waals surface area (Å²) in [5, 5.41) is 7.71. The number of fused-ring (bicyclic) bond motifs is 17. The summed E-state index contributed by atoms with van der Waals surface area (Å²) in [6.07, 6.45) is 0. The van der Waals surface area contributed by atoms with Crippen LogP contribution in [0.2, 0.25) is 0 Å². The van der Waals surface area contributed by atoms with E-state index in [1.807, 2.05) is 11.3 Å². The van der Waals surface area contributed by atoms with Gasteiger partial charge in [0.15, 0.2) is 0 Å². The topological polar surface area (TPSA) is 28.3 Å². The molecule has 0 saturated carbocycles. The zero-order valence-corrected chi connectivity index (χ0v) is 36.8. The first kappa shape index (κ1) is 34.8. The number of para-hydroxylation sites is 4. The number of nitrogens with zero attached hydrogens (tertiary/aromatic N) is 2. The largest absolute Gasteiger partial charge is 0.458 e. The third-order valence-electron chi connectivity index (χ3n) is 14.9. The highest BCUT2D eigenvalue weighted by Crippen LogP contribution is 2.45. The first-order valence-corrected chi connectivity index (χ1v) is 23.1. The van der Waals surface area contributed by atoms with Crippen molar-refractivity contribution in [3.8, 4) is 34.4 Å². The second-order valence-corrected chi connectivity index (χ2v) is 21.5. The molecule has 0 spiro atoms. The van der Waals surface area contributed by atoms with Gasteiger partial charge in [-0.15, -0.1) is 11.3 Å². The van der Waals surface area contributed by atoms with Gasteiger partial charge in [-0.3, -0.25) is 0 Å². The number of rotatable bonds is 0. The zero-order chi connectivity index (χ0) is 42.0. The SMILES string of the molecule is CC(C)(C)c1cc2c3c(c1)-n1c4ccccc4c4cccc(c41)B3c1cc3c(cc1O2)sc1cc2c(cc13)B1c3c(cc(C(C)(C)C)cc3-n3c4ccccc4c4cccc1c43)O2. The molecular formula is C56H40B2N2O2S. The molecule has 11 aromatic rings. The molecule has 63 heavy (non-hydrogen) atoms. The van der Waals surface area contributed by atoms with Crippen molar-refractivity contribution in [1.29, 1.82) is 0 Å². The Kier molecular flexibility index (Phi) is 6.23. The van der Waals surface area contributed by atoms with Crippen molar-refractivity contribution in [3.05, 3.63) is 145 Å². The Hall–Kier alpha value is -6.69. The smallest absolute Gasteiger partial charge is 0.256 e. The third kappa shape index (κ3) is 4.29. The molecule has 4 aliphatic heterocycles. The maximum absolute atomic E-state index is 7.16. The van der Waals surface area contributed by atoms with Gasteiger partial charge in [0, 0.05) is 64.1 Å². The lowest BCUT2D eigenvalue weighted by Crippen LogP contribution is -2.58. The highest BCUT2D eigenvalue weighted by Gasteiger charge is 2.44. The molecule has 0 amide bonds. The molecule has 4 aliphatic rings. The summed E-state index contributed by atoms with van der Waals surface area (Å²) in [4.78, 5) is 0. The monoisotopic (exact) mass is 826 g/mol. The number of thiophene rings is 1. The Labute approximate surface area is 369 Å². The van der Waals surface area contributed by atoms with Crippen molar-refractivity contribution in [2.45, 2.75) is 52.4 Å². The van der Waals surface area contributed by atoms with Crippen molar-refractivity contribution in [1.82, 2.24) is 9.13 Å². The fraction of sp³-hybridized carbons (Fsp3) is 0.143. The van der Waals surface area contributed by atoms with Crippen LogP contribution in [-0.2, 0) is 10.8 Å². The van der Waals surface area contributed by atoms with Crippen molar-refractivity contribution in [3.63, 3.8) is 0 Å². The third-order valence-corrected chi connectivity index (χ3v) is 16.0. The molecule has 0 unspecified atom stereocenters. The van der Waals surface area contributed by atoms with Crippen LogP contribution < -0.4 is 42.3 Å². The van der Waals surface area contributed by atoms with Gasteiger partial charge in [-0.25, -0.2) is 0 Å². The summed E-state index contributed by atoms with van der Waals surface area (Å²) >= 11 is 1.84. The molecule has 0 atom stereocenters. The molecule has 0 aliphatic carbocycles. The quantitative estimate of drug-likeness (QED) is 0.143. The highest BCUT2D eigenvalue weighted by atomic mass is 32.1. The molecule has 7 heterocycles. The first-order chi connectivity index (χ1) is 30.5. The number of ether oxygens (including phenoxy) is 2. The summed E-state index contributed by atoms with van der Waals surface area (Å²) in [6.45, 7) is 13.9. The molecule has 0 fully saturated rings. The summed E-state index contributed by atoms with van der Waals surface area (Å²) in [7, 11) is 0. The van der Waals surface area contributed by atoms with Gasteiger partial charge in [-0.1, -0.05) is 126 Å². The molecule has 3 aromatic heterocycles. The Morgan fingerprint density at radius 3 is 1.29 bits per heavy atom. The standard InChI is InChI=1S/C56H40B2N2O2S/c1-55(2,3)29-21-43-51-47(23-29)61-45-27-49-35(25-39(45)57(51)37-17-11-15-33-31-13-7-9-19-41(31)59(43)53(33)37)36-26-40-46(28-50(36)63-49)62-48-24-30(56(4,5)6)22-44-52(48)58(40)38-18-12-16-34-32-14-8-10-20-42(32)60(44)54(34)38/h7-28H,1-6H3. The van der Waals surface area contributed by atoms with E-state index in [2.05, 4.69) is 184 Å². The van der Waals surface area contributed by atoms with Crippen LogP contribution in [-0.4, -0.2) is 22.6 Å². The Morgan fingerprint density at radius 1 is 0.413 bits per heavy atom. The molecule has 7 heteroatoms. The lowest BCUT2D eigenvalue weighted by molar-refractivity contribution is 0.483. The summed E-state index contributed by atoms with van der Waals surface area (Å²) in [5.74, 6) is 3.83. The van der Waals surface area contributed by atoms with E-state index in [4.69, 9.17) is 9.47 Å². The molecule has 0 bridgehead atoms. The first-order valence-electron chi connectivity index (χ1n) is 22.3. The fourth-order valence-electron chi connectivity index (χ4n) is 12.0. The number of benzene rings is 8. The second-order valence-electron chi connectivity index (χ2n) is 20.5. The fourth-order valence-corrected chi connectivity index (χ4v) is 13.1. The predicted octanol–water partition coefficient (Wildman–Crippen LogP) is 10.7. The molecule has 0 radical (unpaired) electrons. The van der Waals surface area contributed by atoms with Gasteiger partial charge < -0.3 is 18.6 Å². The highest BCUT2D eigenvalue weighted by molar-refractivity contribution is 7.26. The maximum Gasteiger partial charge on any atom is 0.256 e. The lowest BCUT2D eigenvalue weighted by atomic mass is 9.34. The minimum Gasteiger partial charge on any atom is -0.458 e. The van der Waals surface area contributed by atoms with Gasteiger partial charge in [-0.2, -0.15) is 0 Å². The molecular weight excluding hydrogens is 786 g/mol. The van der Waals surface area contributed by atoms with Gasteiger partial charge >= 0.3 is 0 Å². The van der Waals surface area contributed by atoms with E-state index in [0.717, 1.165) is 23.0 Å². The normalized spacial score (nSPS) is 14.4. The van der Waals surface area contributed by atoms with Gasteiger partial charge in [0.25, 0.3) is 13.4 Å². The molecule has 0 N–H and O–H groups in total. The van der Waals surface area contributed by atoms with E-state index in [0.29, 0.717) is 0 Å². The molecule has 8 aromatic carbocycles.